The second-order valence-corrected chi connectivity index (χ2v) is 5.75. The van der Waals surface area contributed by atoms with Crippen LogP contribution in [0.3, 0.4) is 0 Å². The van der Waals surface area contributed by atoms with E-state index in [9.17, 15) is 4.39 Å². The summed E-state index contributed by atoms with van der Waals surface area (Å²) in [6.45, 7) is 4.67. The lowest BCUT2D eigenvalue weighted by molar-refractivity contribution is 0.0413. The number of benzene rings is 1. The van der Waals surface area contributed by atoms with Crippen molar-refractivity contribution in [3.63, 3.8) is 0 Å². The van der Waals surface area contributed by atoms with E-state index in [-0.39, 0.29) is 17.5 Å². The quantitative estimate of drug-likeness (QED) is 0.909. The molecule has 1 saturated heterocycles. The van der Waals surface area contributed by atoms with Gasteiger partial charge in [-0.25, -0.2) is 4.39 Å². The largest absolute Gasteiger partial charge is 0.488 e. The second kappa shape index (κ2) is 5.10. The van der Waals surface area contributed by atoms with Crippen molar-refractivity contribution in [1.82, 2.24) is 5.32 Å². The van der Waals surface area contributed by atoms with Gasteiger partial charge in [0.05, 0.1) is 0 Å². The molecular weight excluding hydrogens is 245 g/mol. The molecule has 0 aliphatic carbocycles. The van der Waals surface area contributed by atoms with Gasteiger partial charge in [-0.15, -0.1) is 0 Å². The fourth-order valence-corrected chi connectivity index (χ4v) is 2.76. The van der Waals surface area contributed by atoms with Crippen LogP contribution in [0.15, 0.2) is 18.2 Å². The van der Waals surface area contributed by atoms with E-state index in [1.54, 1.807) is 12.1 Å². The summed E-state index contributed by atoms with van der Waals surface area (Å²) < 4.78 is 24.4. The number of hydrogen-bond acceptors (Lipinski definition) is 3. The number of rotatable bonds is 3. The fourth-order valence-electron chi connectivity index (χ4n) is 2.76. The smallest absolute Gasteiger partial charge is 0.123 e. The van der Waals surface area contributed by atoms with E-state index in [0.717, 1.165) is 50.3 Å². The molecule has 0 bridgehead atoms. The van der Waals surface area contributed by atoms with Gasteiger partial charge in [-0.3, -0.25) is 0 Å². The van der Waals surface area contributed by atoms with Gasteiger partial charge >= 0.3 is 0 Å². The Morgan fingerprint density at radius 3 is 2.95 bits per heavy atom. The maximum absolute atomic E-state index is 13.1. The molecule has 0 spiro atoms. The van der Waals surface area contributed by atoms with Crippen LogP contribution >= 0.6 is 0 Å². The number of halogens is 1. The summed E-state index contributed by atoms with van der Waals surface area (Å²) in [5, 5.41) is 3.59. The molecule has 4 heteroatoms. The van der Waals surface area contributed by atoms with E-state index in [1.165, 1.54) is 6.07 Å². The van der Waals surface area contributed by atoms with Crippen LogP contribution in [0.2, 0.25) is 0 Å². The lowest BCUT2D eigenvalue weighted by Gasteiger charge is -2.35. The lowest BCUT2D eigenvalue weighted by atomic mass is 9.92. The van der Waals surface area contributed by atoms with Crippen LogP contribution < -0.4 is 10.1 Å². The maximum atomic E-state index is 13.1. The van der Waals surface area contributed by atoms with E-state index in [4.69, 9.17) is 9.47 Å². The average Bonchev–Trinajstić information content (AvgIpc) is 2.79. The Kier molecular flexibility index (Phi) is 3.46. The van der Waals surface area contributed by atoms with Gasteiger partial charge in [-0.1, -0.05) is 0 Å². The van der Waals surface area contributed by atoms with Crippen LogP contribution in [0.5, 0.6) is 5.75 Å². The third-order valence-electron chi connectivity index (χ3n) is 4.12. The molecule has 104 valence electrons. The minimum absolute atomic E-state index is 0.108. The first-order valence-electron chi connectivity index (χ1n) is 6.92. The minimum atomic E-state index is -0.188. The van der Waals surface area contributed by atoms with Crippen LogP contribution in [0, 0.1) is 5.82 Å². The predicted octanol–water partition coefficient (Wildman–Crippen LogP) is 2.29. The Morgan fingerprint density at radius 2 is 2.16 bits per heavy atom. The molecule has 0 saturated carbocycles. The van der Waals surface area contributed by atoms with Crippen LogP contribution in [0.25, 0.3) is 0 Å². The van der Waals surface area contributed by atoms with Gasteiger partial charge in [0, 0.05) is 37.3 Å². The van der Waals surface area contributed by atoms with E-state index in [2.05, 4.69) is 12.2 Å². The highest BCUT2D eigenvalue weighted by molar-refractivity contribution is 5.37. The minimum Gasteiger partial charge on any atom is -0.488 e. The zero-order chi connectivity index (χ0) is 13.3. The topological polar surface area (TPSA) is 30.5 Å². The molecule has 3 rings (SSSR count). The molecule has 1 fully saturated rings. The first kappa shape index (κ1) is 12.9. The predicted molar refractivity (Wildman–Crippen MR) is 71.0 cm³/mol. The van der Waals surface area contributed by atoms with Crippen molar-refractivity contribution in [3.05, 3.63) is 29.6 Å². The highest BCUT2D eigenvalue weighted by atomic mass is 19.1. The summed E-state index contributed by atoms with van der Waals surface area (Å²) in [4.78, 5) is 0. The zero-order valence-corrected chi connectivity index (χ0v) is 11.2. The standard InChI is InChI=1S/C15H20FNO2/c1-15(4-6-18-7-5-15)17-10-13-9-11-8-12(16)2-3-14(11)19-13/h2-3,8,13,17H,4-7,9-10H2,1H3. The van der Waals surface area contributed by atoms with Crippen LogP contribution in [-0.2, 0) is 11.2 Å². The molecular formula is C15H20FNO2. The molecule has 1 unspecified atom stereocenters. The Morgan fingerprint density at radius 1 is 1.37 bits per heavy atom. The van der Waals surface area contributed by atoms with Crippen molar-refractivity contribution in [3.8, 4) is 5.75 Å². The summed E-state index contributed by atoms with van der Waals surface area (Å²) in [5.74, 6) is 0.637. The summed E-state index contributed by atoms with van der Waals surface area (Å²) in [7, 11) is 0. The van der Waals surface area contributed by atoms with Crippen molar-refractivity contribution in [2.75, 3.05) is 19.8 Å². The van der Waals surface area contributed by atoms with Crippen LogP contribution in [0.1, 0.15) is 25.3 Å². The van der Waals surface area contributed by atoms with Crippen molar-refractivity contribution in [2.45, 2.75) is 37.8 Å². The highest BCUT2D eigenvalue weighted by Gasteiger charge is 2.30. The molecule has 2 aliphatic rings. The highest BCUT2D eigenvalue weighted by Crippen LogP contribution is 2.29. The molecule has 3 nitrogen and oxygen atoms in total. The molecule has 0 amide bonds. The molecule has 2 heterocycles. The van der Waals surface area contributed by atoms with Crippen LogP contribution in [-0.4, -0.2) is 31.4 Å². The molecule has 0 radical (unpaired) electrons. The van der Waals surface area contributed by atoms with Gasteiger partial charge in [-0.2, -0.15) is 0 Å². The zero-order valence-electron chi connectivity index (χ0n) is 11.2. The molecule has 1 aromatic carbocycles. The summed E-state index contributed by atoms with van der Waals surface area (Å²) in [6, 6.07) is 4.75. The van der Waals surface area contributed by atoms with Gasteiger partial charge < -0.3 is 14.8 Å². The maximum Gasteiger partial charge on any atom is 0.123 e. The normalized spacial score (nSPS) is 24.8. The summed E-state index contributed by atoms with van der Waals surface area (Å²) in [5.41, 5.74) is 1.12. The molecule has 2 aliphatic heterocycles. The van der Waals surface area contributed by atoms with E-state index in [1.807, 2.05) is 0 Å². The number of fused-ring (bicyclic) bond motifs is 1. The first-order valence-corrected chi connectivity index (χ1v) is 6.92. The molecule has 0 aromatic heterocycles. The Bertz CT molecular complexity index is 457. The van der Waals surface area contributed by atoms with Gasteiger partial charge in [0.15, 0.2) is 0 Å². The molecule has 19 heavy (non-hydrogen) atoms. The average molecular weight is 265 g/mol. The summed E-state index contributed by atoms with van der Waals surface area (Å²) in [6.07, 6.45) is 2.95. The molecule has 1 aromatic rings. The number of nitrogens with one attached hydrogen (secondary N) is 1. The SMILES string of the molecule is CC1(NCC2Cc3cc(F)ccc3O2)CCOCC1. The third kappa shape index (κ3) is 2.90. The molecule has 1 atom stereocenters. The van der Waals surface area contributed by atoms with E-state index >= 15 is 0 Å². The molecule has 1 N–H and O–H groups in total. The first-order chi connectivity index (χ1) is 9.15. The second-order valence-electron chi connectivity index (χ2n) is 5.75. The lowest BCUT2D eigenvalue weighted by Crippen LogP contribution is -2.50. The van der Waals surface area contributed by atoms with Gasteiger partial charge in [0.1, 0.15) is 17.7 Å². The Balaban J connectivity index is 1.55. The number of ether oxygens (including phenoxy) is 2. The van der Waals surface area contributed by atoms with E-state index < -0.39 is 0 Å². The van der Waals surface area contributed by atoms with Gasteiger partial charge in [-0.05, 0) is 38.0 Å². The Labute approximate surface area is 113 Å². The monoisotopic (exact) mass is 265 g/mol. The summed E-state index contributed by atoms with van der Waals surface area (Å²) >= 11 is 0. The van der Waals surface area contributed by atoms with Gasteiger partial charge in [0.25, 0.3) is 0 Å². The third-order valence-corrected chi connectivity index (χ3v) is 4.12. The van der Waals surface area contributed by atoms with Crippen molar-refractivity contribution in [1.29, 1.82) is 0 Å². The van der Waals surface area contributed by atoms with Crippen LogP contribution in [0.4, 0.5) is 4.39 Å². The number of hydrogen-bond donors (Lipinski definition) is 1. The Hall–Kier alpha value is -1.13. The van der Waals surface area contributed by atoms with Crippen molar-refractivity contribution < 1.29 is 13.9 Å². The van der Waals surface area contributed by atoms with E-state index in [0.29, 0.717) is 0 Å². The van der Waals surface area contributed by atoms with Crippen molar-refractivity contribution >= 4 is 0 Å². The van der Waals surface area contributed by atoms with Gasteiger partial charge in [0.2, 0.25) is 0 Å². The fraction of sp³-hybridized carbons (Fsp3) is 0.600. The van der Waals surface area contributed by atoms with Crippen molar-refractivity contribution in [2.24, 2.45) is 0 Å².